The van der Waals surface area contributed by atoms with Gasteiger partial charge in [-0.05, 0) is 22.3 Å². The van der Waals surface area contributed by atoms with E-state index in [1.54, 1.807) is 44.0 Å². The Morgan fingerprint density at radius 1 is 0.433 bits per heavy atom. The van der Waals surface area contributed by atoms with Crippen LogP contribution in [0.2, 0.25) is 0 Å². The molecule has 0 N–H and O–H groups in total. The van der Waals surface area contributed by atoms with Crippen molar-refractivity contribution < 1.29 is 0 Å². The highest BCUT2D eigenvalue weighted by molar-refractivity contribution is 5.39. The van der Waals surface area contributed by atoms with Crippen LogP contribution in [0.1, 0.15) is 22.3 Å². The molecule has 0 fully saturated rings. The molecule has 12 heteroatoms. The van der Waals surface area contributed by atoms with Gasteiger partial charge >= 0.3 is 0 Å². The molecule has 0 atom stereocenters. The molecule has 150 valence electrons. The van der Waals surface area contributed by atoms with Crippen LogP contribution in [0.5, 0.6) is 0 Å². The van der Waals surface area contributed by atoms with Gasteiger partial charge in [-0.2, -0.15) is 20.4 Å². The van der Waals surface area contributed by atoms with E-state index >= 15 is 0 Å². The lowest BCUT2D eigenvalue weighted by atomic mass is 9.97. The summed E-state index contributed by atoms with van der Waals surface area (Å²) in [6, 6.07) is 4.36. The quantitative estimate of drug-likeness (QED) is 0.362. The van der Waals surface area contributed by atoms with Crippen LogP contribution in [-0.2, 0) is 26.2 Å². The number of hydrogen-bond donors (Lipinski definition) is 0. The van der Waals surface area contributed by atoms with Gasteiger partial charge in [0.05, 0.1) is 26.2 Å². The second-order valence-electron chi connectivity index (χ2n) is 6.76. The van der Waals surface area contributed by atoms with Crippen molar-refractivity contribution >= 4 is 0 Å². The van der Waals surface area contributed by atoms with Crippen molar-refractivity contribution in [3.63, 3.8) is 0 Å². The molecule has 4 heterocycles. The summed E-state index contributed by atoms with van der Waals surface area (Å²) < 4.78 is 7.21. The van der Waals surface area contributed by atoms with Gasteiger partial charge in [0, 0.05) is 0 Å². The fourth-order valence-electron chi connectivity index (χ4n) is 3.34. The lowest BCUT2D eigenvalue weighted by Gasteiger charge is -2.17. The zero-order valence-corrected chi connectivity index (χ0v) is 16.0. The smallest absolute Gasteiger partial charge is 0.137 e. The Labute approximate surface area is 170 Å². The van der Waals surface area contributed by atoms with E-state index < -0.39 is 0 Å². The van der Waals surface area contributed by atoms with Crippen molar-refractivity contribution in [3.8, 4) is 0 Å². The molecule has 0 aliphatic rings. The number of rotatable bonds is 8. The van der Waals surface area contributed by atoms with Crippen molar-refractivity contribution in [1.29, 1.82) is 0 Å². The predicted octanol–water partition coefficient (Wildman–Crippen LogP) is 0.246. The van der Waals surface area contributed by atoms with Gasteiger partial charge in [-0.3, -0.25) is 0 Å². The molecule has 30 heavy (non-hydrogen) atoms. The van der Waals surface area contributed by atoms with Crippen LogP contribution in [0.15, 0.2) is 62.8 Å². The molecular formula is C18H18N12. The highest BCUT2D eigenvalue weighted by atomic mass is 15.3. The van der Waals surface area contributed by atoms with Crippen LogP contribution in [0.25, 0.3) is 0 Å². The van der Waals surface area contributed by atoms with Gasteiger partial charge in [-0.15, -0.1) is 0 Å². The van der Waals surface area contributed by atoms with E-state index in [0.717, 1.165) is 22.3 Å². The zero-order valence-electron chi connectivity index (χ0n) is 16.0. The SMILES string of the molecule is c1ncn(Cc2cc(Cn3cncn3)c(Cn3cncn3)cc2Cn2cncn2)n1. The first kappa shape index (κ1) is 17.8. The molecule has 5 rings (SSSR count). The Hall–Kier alpha value is -4.22. The number of nitrogens with zero attached hydrogens (tertiary/aromatic N) is 12. The summed E-state index contributed by atoms with van der Waals surface area (Å²) in [6.07, 6.45) is 13.0. The van der Waals surface area contributed by atoms with Crippen LogP contribution in [0.4, 0.5) is 0 Å². The van der Waals surface area contributed by atoms with Crippen LogP contribution >= 0.6 is 0 Å². The van der Waals surface area contributed by atoms with Crippen LogP contribution in [0, 0.1) is 0 Å². The van der Waals surface area contributed by atoms with Crippen LogP contribution in [-0.4, -0.2) is 59.1 Å². The molecule has 0 unspecified atom stereocenters. The molecule has 0 bridgehead atoms. The molecular weight excluding hydrogens is 384 g/mol. The van der Waals surface area contributed by atoms with E-state index in [-0.39, 0.29) is 0 Å². The summed E-state index contributed by atoms with van der Waals surface area (Å²) in [5.41, 5.74) is 4.48. The standard InChI is InChI=1S/C18H18N12/c1-15(3-27-11-19-7-23-27)17(5-29-13-21-9-25-29)2-18(6-30-14-22-10-26-30)16(1)4-28-12-20-8-24-28/h1-2,7-14H,3-6H2. The lowest BCUT2D eigenvalue weighted by molar-refractivity contribution is 0.630. The molecule has 12 nitrogen and oxygen atoms in total. The van der Waals surface area contributed by atoms with E-state index in [9.17, 15) is 0 Å². The first-order valence-corrected chi connectivity index (χ1v) is 9.27. The topological polar surface area (TPSA) is 123 Å². The number of aromatic nitrogens is 12. The van der Waals surface area contributed by atoms with Crippen LogP contribution in [0.3, 0.4) is 0 Å². The van der Waals surface area contributed by atoms with Crippen molar-refractivity contribution in [1.82, 2.24) is 59.1 Å². The van der Waals surface area contributed by atoms with Crippen LogP contribution < -0.4 is 0 Å². The molecule has 0 amide bonds. The number of benzene rings is 1. The maximum absolute atomic E-state index is 4.26. The molecule has 0 saturated heterocycles. The first-order valence-electron chi connectivity index (χ1n) is 9.27. The van der Waals surface area contributed by atoms with Crippen molar-refractivity contribution in [3.05, 3.63) is 85.0 Å². The Bertz CT molecular complexity index is 988. The fourth-order valence-corrected chi connectivity index (χ4v) is 3.34. The molecule has 0 radical (unpaired) electrons. The van der Waals surface area contributed by atoms with Crippen molar-refractivity contribution in [2.45, 2.75) is 26.2 Å². The minimum atomic E-state index is 0.595. The third-order valence-electron chi connectivity index (χ3n) is 4.72. The normalized spacial score (nSPS) is 11.2. The summed E-state index contributed by atoms with van der Waals surface area (Å²) in [7, 11) is 0. The van der Waals surface area contributed by atoms with Gasteiger partial charge in [0.1, 0.15) is 50.6 Å². The maximum Gasteiger partial charge on any atom is 0.137 e. The fraction of sp³-hybridized carbons (Fsp3) is 0.222. The third-order valence-corrected chi connectivity index (χ3v) is 4.72. The lowest BCUT2D eigenvalue weighted by Crippen LogP contribution is -2.13. The average molecular weight is 402 g/mol. The average Bonchev–Trinajstić information content (AvgIpc) is 3.54. The second-order valence-corrected chi connectivity index (χ2v) is 6.76. The van der Waals surface area contributed by atoms with E-state index in [1.807, 2.05) is 0 Å². The Balaban J connectivity index is 1.57. The Kier molecular flexibility index (Phi) is 4.78. The largest absolute Gasteiger partial charge is 0.249 e. The number of hydrogen-bond acceptors (Lipinski definition) is 8. The van der Waals surface area contributed by atoms with Gasteiger partial charge in [-0.25, -0.2) is 38.7 Å². The van der Waals surface area contributed by atoms with Gasteiger partial charge in [-0.1, -0.05) is 12.1 Å². The van der Waals surface area contributed by atoms with E-state index in [0.29, 0.717) is 26.2 Å². The van der Waals surface area contributed by atoms with Gasteiger partial charge in [0.25, 0.3) is 0 Å². The van der Waals surface area contributed by atoms with Gasteiger partial charge < -0.3 is 0 Å². The monoisotopic (exact) mass is 402 g/mol. The molecule has 1 aromatic carbocycles. The summed E-state index contributed by atoms with van der Waals surface area (Å²) in [5.74, 6) is 0. The molecule has 0 aliphatic carbocycles. The second kappa shape index (κ2) is 8.03. The van der Waals surface area contributed by atoms with E-state index in [1.165, 1.54) is 25.3 Å². The predicted molar refractivity (Wildman–Crippen MR) is 103 cm³/mol. The summed E-state index contributed by atoms with van der Waals surface area (Å²) in [6.45, 7) is 2.38. The summed E-state index contributed by atoms with van der Waals surface area (Å²) in [5, 5.41) is 17.0. The Morgan fingerprint density at radius 3 is 0.900 bits per heavy atom. The molecule has 0 aliphatic heterocycles. The Morgan fingerprint density at radius 2 is 0.700 bits per heavy atom. The highest BCUT2D eigenvalue weighted by Crippen LogP contribution is 2.21. The molecule has 0 spiro atoms. The third kappa shape index (κ3) is 3.97. The molecule has 4 aromatic heterocycles. The van der Waals surface area contributed by atoms with Crippen molar-refractivity contribution in [2.24, 2.45) is 0 Å². The van der Waals surface area contributed by atoms with Crippen molar-refractivity contribution in [2.75, 3.05) is 0 Å². The summed E-state index contributed by atoms with van der Waals surface area (Å²) >= 11 is 0. The minimum absolute atomic E-state index is 0.595. The van der Waals surface area contributed by atoms with E-state index in [2.05, 4.69) is 52.5 Å². The summed E-state index contributed by atoms with van der Waals surface area (Å²) in [4.78, 5) is 16.2. The first-order chi connectivity index (χ1) is 14.8. The van der Waals surface area contributed by atoms with E-state index in [4.69, 9.17) is 0 Å². The highest BCUT2D eigenvalue weighted by Gasteiger charge is 2.14. The van der Waals surface area contributed by atoms with Gasteiger partial charge in [0.15, 0.2) is 0 Å². The maximum atomic E-state index is 4.26. The molecule has 0 saturated carbocycles. The van der Waals surface area contributed by atoms with Gasteiger partial charge in [0.2, 0.25) is 0 Å². The minimum Gasteiger partial charge on any atom is -0.249 e. The molecule has 5 aromatic rings. The zero-order chi connectivity index (χ0) is 20.2.